The molecule has 3 rings (SSSR count). The van der Waals surface area contributed by atoms with E-state index in [4.69, 9.17) is 4.74 Å². The number of carbonyl (C=O) groups is 1. The van der Waals surface area contributed by atoms with Crippen LogP contribution in [0.2, 0.25) is 0 Å². The minimum atomic E-state index is -0.108. The van der Waals surface area contributed by atoms with Crippen molar-refractivity contribution in [1.82, 2.24) is 15.1 Å². The van der Waals surface area contributed by atoms with Crippen LogP contribution in [0.15, 0.2) is 42.5 Å². The van der Waals surface area contributed by atoms with E-state index in [1.54, 1.807) is 0 Å². The quantitative estimate of drug-likeness (QED) is 0.746. The Morgan fingerprint density at radius 3 is 2.28 bits per heavy atom. The molecule has 0 saturated carbocycles. The third-order valence-electron chi connectivity index (χ3n) is 5.52. The van der Waals surface area contributed by atoms with Gasteiger partial charge in [0.2, 0.25) is 0 Å². The van der Waals surface area contributed by atoms with Gasteiger partial charge in [-0.15, -0.1) is 0 Å². The van der Waals surface area contributed by atoms with Gasteiger partial charge in [0.1, 0.15) is 5.75 Å². The van der Waals surface area contributed by atoms with Crippen LogP contribution in [0.25, 0.3) is 0 Å². The van der Waals surface area contributed by atoms with Crippen LogP contribution in [0.1, 0.15) is 29.2 Å². The molecule has 2 aromatic carbocycles. The summed E-state index contributed by atoms with van der Waals surface area (Å²) < 4.78 is 5.64. The Morgan fingerprint density at radius 2 is 1.62 bits per heavy atom. The van der Waals surface area contributed by atoms with Crippen LogP contribution in [0.4, 0.5) is 0 Å². The van der Waals surface area contributed by atoms with Crippen molar-refractivity contribution >= 4 is 5.91 Å². The third kappa shape index (κ3) is 6.58. The van der Waals surface area contributed by atoms with Crippen LogP contribution in [0, 0.1) is 13.8 Å². The van der Waals surface area contributed by atoms with E-state index in [-0.39, 0.29) is 12.5 Å². The molecule has 0 unspecified atom stereocenters. The van der Waals surface area contributed by atoms with E-state index in [2.05, 4.69) is 52.4 Å². The standard InChI is InChI=1S/C24H33N3O2/c1-4-26-11-13-27(14-12-26)17-22-8-6-21(7-9-22)16-25-24(28)18-29-23-10-5-19(2)15-20(23)3/h5-10,15H,4,11-14,16-18H2,1-3H3,(H,25,28). The molecule has 1 aliphatic rings. The maximum absolute atomic E-state index is 12.1. The molecule has 156 valence electrons. The van der Waals surface area contributed by atoms with Crippen LogP contribution in [0.3, 0.4) is 0 Å². The van der Waals surface area contributed by atoms with Gasteiger partial charge < -0.3 is 15.0 Å². The molecule has 0 atom stereocenters. The summed E-state index contributed by atoms with van der Waals surface area (Å²) in [4.78, 5) is 17.1. The van der Waals surface area contributed by atoms with E-state index in [1.807, 2.05) is 26.0 Å². The lowest BCUT2D eigenvalue weighted by Gasteiger charge is -2.34. The lowest BCUT2D eigenvalue weighted by molar-refractivity contribution is -0.123. The maximum Gasteiger partial charge on any atom is 0.258 e. The van der Waals surface area contributed by atoms with Crippen LogP contribution < -0.4 is 10.1 Å². The van der Waals surface area contributed by atoms with E-state index >= 15 is 0 Å². The second-order valence-corrected chi connectivity index (χ2v) is 7.86. The molecule has 0 aliphatic carbocycles. The molecule has 1 heterocycles. The van der Waals surface area contributed by atoms with Gasteiger partial charge in [-0.3, -0.25) is 9.69 Å². The smallest absolute Gasteiger partial charge is 0.258 e. The van der Waals surface area contributed by atoms with Crippen LogP contribution in [0.5, 0.6) is 5.75 Å². The van der Waals surface area contributed by atoms with Gasteiger partial charge in [0.05, 0.1) is 0 Å². The second-order valence-electron chi connectivity index (χ2n) is 7.86. The number of carbonyl (C=O) groups excluding carboxylic acids is 1. The van der Waals surface area contributed by atoms with Gasteiger partial charge in [-0.2, -0.15) is 0 Å². The van der Waals surface area contributed by atoms with Crippen molar-refractivity contribution in [1.29, 1.82) is 0 Å². The zero-order valence-electron chi connectivity index (χ0n) is 17.9. The molecule has 1 saturated heterocycles. The van der Waals surface area contributed by atoms with Crippen molar-refractivity contribution in [2.24, 2.45) is 0 Å². The minimum Gasteiger partial charge on any atom is -0.484 e. The van der Waals surface area contributed by atoms with Crippen molar-refractivity contribution in [3.8, 4) is 5.75 Å². The van der Waals surface area contributed by atoms with Gasteiger partial charge in [0, 0.05) is 39.3 Å². The Balaban J connectivity index is 1.40. The van der Waals surface area contributed by atoms with E-state index in [1.165, 1.54) is 11.1 Å². The molecular formula is C24H33N3O2. The third-order valence-corrected chi connectivity index (χ3v) is 5.52. The predicted octanol–water partition coefficient (Wildman–Crippen LogP) is 3.14. The number of amides is 1. The number of hydrogen-bond acceptors (Lipinski definition) is 4. The molecule has 0 bridgehead atoms. The molecule has 0 radical (unpaired) electrons. The monoisotopic (exact) mass is 395 g/mol. The van der Waals surface area contributed by atoms with Crippen LogP contribution >= 0.6 is 0 Å². The molecule has 0 aromatic heterocycles. The van der Waals surface area contributed by atoms with Crippen molar-refractivity contribution in [3.63, 3.8) is 0 Å². The Hall–Kier alpha value is -2.37. The fourth-order valence-corrected chi connectivity index (χ4v) is 3.64. The lowest BCUT2D eigenvalue weighted by Crippen LogP contribution is -2.45. The summed E-state index contributed by atoms with van der Waals surface area (Å²) in [6.45, 7) is 13.5. The van der Waals surface area contributed by atoms with Gasteiger partial charge >= 0.3 is 0 Å². The Kier molecular flexibility index (Phi) is 7.67. The molecule has 1 fully saturated rings. The summed E-state index contributed by atoms with van der Waals surface area (Å²) in [6.07, 6.45) is 0. The maximum atomic E-state index is 12.1. The second kappa shape index (κ2) is 10.4. The van der Waals surface area contributed by atoms with Crippen LogP contribution in [-0.2, 0) is 17.9 Å². The summed E-state index contributed by atoms with van der Waals surface area (Å²) in [6, 6.07) is 14.5. The van der Waals surface area contributed by atoms with Gasteiger partial charge in [-0.25, -0.2) is 0 Å². The van der Waals surface area contributed by atoms with Gasteiger partial charge in [-0.05, 0) is 43.1 Å². The normalized spacial score (nSPS) is 15.3. The molecule has 0 spiro atoms. The zero-order chi connectivity index (χ0) is 20.6. The number of nitrogens with one attached hydrogen (secondary N) is 1. The van der Waals surface area contributed by atoms with Crippen molar-refractivity contribution in [2.75, 3.05) is 39.3 Å². The number of ether oxygens (including phenoxy) is 1. The lowest BCUT2D eigenvalue weighted by atomic mass is 10.1. The molecular weight excluding hydrogens is 362 g/mol. The van der Waals surface area contributed by atoms with E-state index in [9.17, 15) is 4.79 Å². The molecule has 5 heteroatoms. The topological polar surface area (TPSA) is 44.8 Å². The minimum absolute atomic E-state index is 0.0335. The SMILES string of the molecule is CCN1CCN(Cc2ccc(CNC(=O)COc3ccc(C)cc3C)cc2)CC1. The van der Waals surface area contributed by atoms with Crippen molar-refractivity contribution in [3.05, 3.63) is 64.7 Å². The first-order valence-corrected chi connectivity index (χ1v) is 10.5. The first-order chi connectivity index (χ1) is 14.0. The van der Waals surface area contributed by atoms with Gasteiger partial charge in [0.25, 0.3) is 5.91 Å². The van der Waals surface area contributed by atoms with Crippen molar-refractivity contribution in [2.45, 2.75) is 33.9 Å². The highest BCUT2D eigenvalue weighted by Crippen LogP contribution is 2.18. The van der Waals surface area contributed by atoms with E-state index in [0.717, 1.165) is 56.1 Å². The first kappa shape index (κ1) is 21.3. The molecule has 1 N–H and O–H groups in total. The van der Waals surface area contributed by atoms with E-state index in [0.29, 0.717) is 6.54 Å². The van der Waals surface area contributed by atoms with Gasteiger partial charge in [-0.1, -0.05) is 48.9 Å². The Bertz CT molecular complexity index is 796. The average Bonchev–Trinajstić information content (AvgIpc) is 2.73. The zero-order valence-corrected chi connectivity index (χ0v) is 17.9. The molecule has 5 nitrogen and oxygen atoms in total. The number of nitrogens with zero attached hydrogens (tertiary/aromatic N) is 2. The van der Waals surface area contributed by atoms with Crippen molar-refractivity contribution < 1.29 is 9.53 Å². The molecule has 29 heavy (non-hydrogen) atoms. The highest BCUT2D eigenvalue weighted by Gasteiger charge is 2.15. The number of aryl methyl sites for hydroxylation is 2. The summed E-state index contributed by atoms with van der Waals surface area (Å²) in [5, 5.41) is 2.93. The highest BCUT2D eigenvalue weighted by atomic mass is 16.5. The Labute approximate surface area is 174 Å². The number of hydrogen-bond donors (Lipinski definition) is 1. The average molecular weight is 396 g/mol. The fraction of sp³-hybridized carbons (Fsp3) is 0.458. The predicted molar refractivity (Wildman–Crippen MR) is 117 cm³/mol. The van der Waals surface area contributed by atoms with Crippen LogP contribution in [-0.4, -0.2) is 55.0 Å². The summed E-state index contributed by atoms with van der Waals surface area (Å²) in [5.74, 6) is 0.651. The number of benzene rings is 2. The summed E-state index contributed by atoms with van der Waals surface area (Å²) >= 11 is 0. The molecule has 1 aliphatic heterocycles. The summed E-state index contributed by atoms with van der Waals surface area (Å²) in [5.41, 5.74) is 4.66. The number of piperazine rings is 1. The number of likely N-dealkylation sites (N-methyl/N-ethyl adjacent to an activating group) is 1. The molecule has 2 aromatic rings. The highest BCUT2D eigenvalue weighted by molar-refractivity contribution is 5.77. The largest absolute Gasteiger partial charge is 0.484 e. The van der Waals surface area contributed by atoms with E-state index < -0.39 is 0 Å². The fourth-order valence-electron chi connectivity index (χ4n) is 3.64. The first-order valence-electron chi connectivity index (χ1n) is 10.5. The number of rotatable bonds is 8. The molecule has 1 amide bonds. The summed E-state index contributed by atoms with van der Waals surface area (Å²) in [7, 11) is 0. The Morgan fingerprint density at radius 1 is 0.966 bits per heavy atom. The van der Waals surface area contributed by atoms with Gasteiger partial charge in [0.15, 0.2) is 6.61 Å².